The Morgan fingerprint density at radius 3 is 2.70 bits per heavy atom. The van der Waals surface area contributed by atoms with Crippen LogP contribution in [0.3, 0.4) is 0 Å². The summed E-state index contributed by atoms with van der Waals surface area (Å²) in [6, 6.07) is 7.23. The third-order valence-electron chi connectivity index (χ3n) is 4.85. The Morgan fingerprint density at radius 2 is 2.00 bits per heavy atom. The number of aromatic nitrogens is 2. The third-order valence-corrected chi connectivity index (χ3v) is 4.85. The van der Waals surface area contributed by atoms with Gasteiger partial charge in [0.2, 0.25) is 17.6 Å². The summed E-state index contributed by atoms with van der Waals surface area (Å²) in [5.74, 6) is -0.842. The minimum atomic E-state index is -4.19. The van der Waals surface area contributed by atoms with E-state index in [1.54, 1.807) is 0 Å². The minimum Gasteiger partial charge on any atom is -0.353 e. The van der Waals surface area contributed by atoms with Crippen LogP contribution in [0.4, 0.5) is 13.2 Å². The number of nitrogens with one attached hydrogen (secondary N) is 1. The van der Waals surface area contributed by atoms with Crippen LogP contribution in [0, 0.1) is 12.8 Å². The van der Waals surface area contributed by atoms with Crippen LogP contribution in [0.2, 0.25) is 0 Å². The first-order chi connectivity index (χ1) is 12.8. The van der Waals surface area contributed by atoms with Crippen molar-refractivity contribution >= 4 is 5.91 Å². The lowest BCUT2D eigenvalue weighted by Gasteiger charge is -2.31. The molecule has 1 fully saturated rings. The first kappa shape index (κ1) is 19.4. The van der Waals surface area contributed by atoms with Crippen molar-refractivity contribution in [2.75, 3.05) is 0 Å². The molecule has 8 heteroatoms. The van der Waals surface area contributed by atoms with Crippen molar-refractivity contribution in [3.8, 4) is 11.4 Å². The number of benzene rings is 1. The molecule has 2 unspecified atom stereocenters. The summed E-state index contributed by atoms with van der Waals surface area (Å²) in [6.45, 7) is 1.98. The zero-order valence-corrected chi connectivity index (χ0v) is 15.1. The Bertz CT molecular complexity index is 771. The molecule has 1 amide bonds. The molecule has 0 bridgehead atoms. The van der Waals surface area contributed by atoms with Crippen LogP contribution >= 0.6 is 0 Å². The molecule has 2 aromatic rings. The van der Waals surface area contributed by atoms with Crippen LogP contribution < -0.4 is 5.32 Å². The number of nitrogens with zero attached hydrogens (tertiary/aromatic N) is 2. The standard InChI is InChI=1S/C19H22F3N3O2/c1-12-5-7-13(8-6-12)18-24-17(27-25-18)10-9-16(26)23-15-4-2-3-14(11-15)19(20,21)22/h5-8,14-15H,2-4,9-11H2,1H3,(H,23,26). The lowest BCUT2D eigenvalue weighted by Crippen LogP contribution is -2.41. The van der Waals surface area contributed by atoms with Gasteiger partial charge in [0.1, 0.15) is 0 Å². The van der Waals surface area contributed by atoms with Crippen LogP contribution in [0.1, 0.15) is 43.6 Å². The number of amides is 1. The van der Waals surface area contributed by atoms with Gasteiger partial charge in [0.15, 0.2) is 0 Å². The first-order valence-electron chi connectivity index (χ1n) is 9.07. The number of hydrogen-bond donors (Lipinski definition) is 1. The predicted octanol–water partition coefficient (Wildman–Crippen LogP) is 4.21. The molecule has 1 saturated carbocycles. The van der Waals surface area contributed by atoms with Gasteiger partial charge in [-0.15, -0.1) is 0 Å². The first-order valence-corrected chi connectivity index (χ1v) is 9.07. The molecule has 0 spiro atoms. The summed E-state index contributed by atoms with van der Waals surface area (Å²) in [5.41, 5.74) is 1.94. The van der Waals surface area contributed by atoms with Gasteiger partial charge in [-0.3, -0.25) is 4.79 Å². The second-order valence-corrected chi connectivity index (χ2v) is 7.05. The summed E-state index contributed by atoms with van der Waals surface area (Å²) in [4.78, 5) is 16.3. The molecule has 0 radical (unpaired) electrons. The second-order valence-electron chi connectivity index (χ2n) is 7.05. The molecule has 1 N–H and O–H groups in total. The highest BCUT2D eigenvalue weighted by molar-refractivity contribution is 5.76. The largest absolute Gasteiger partial charge is 0.391 e. The average molecular weight is 381 g/mol. The Hall–Kier alpha value is -2.38. The fourth-order valence-electron chi connectivity index (χ4n) is 3.31. The van der Waals surface area contributed by atoms with E-state index in [0.29, 0.717) is 24.6 Å². The van der Waals surface area contributed by atoms with E-state index in [1.807, 2.05) is 31.2 Å². The molecule has 1 aliphatic rings. The van der Waals surface area contributed by atoms with Crippen molar-refractivity contribution in [1.82, 2.24) is 15.5 Å². The van der Waals surface area contributed by atoms with Crippen molar-refractivity contribution in [2.45, 2.75) is 57.7 Å². The predicted molar refractivity (Wildman–Crippen MR) is 92.7 cm³/mol. The zero-order chi connectivity index (χ0) is 19.4. The number of carbonyl (C=O) groups is 1. The third kappa shape index (κ3) is 5.30. The highest BCUT2D eigenvalue weighted by atomic mass is 19.4. The van der Waals surface area contributed by atoms with Gasteiger partial charge in [-0.05, 0) is 26.2 Å². The van der Waals surface area contributed by atoms with E-state index < -0.39 is 18.1 Å². The molecule has 1 heterocycles. The lowest BCUT2D eigenvalue weighted by molar-refractivity contribution is -0.184. The molecule has 0 aliphatic heterocycles. The van der Waals surface area contributed by atoms with Gasteiger partial charge < -0.3 is 9.84 Å². The van der Waals surface area contributed by atoms with Crippen molar-refractivity contribution in [3.63, 3.8) is 0 Å². The fourth-order valence-corrected chi connectivity index (χ4v) is 3.31. The summed E-state index contributed by atoms with van der Waals surface area (Å²) < 4.78 is 43.7. The molecular formula is C19H22F3N3O2. The van der Waals surface area contributed by atoms with Gasteiger partial charge in [-0.25, -0.2) is 0 Å². The topological polar surface area (TPSA) is 68.0 Å². The maximum atomic E-state index is 12.8. The van der Waals surface area contributed by atoms with Crippen LogP contribution in [-0.2, 0) is 11.2 Å². The SMILES string of the molecule is Cc1ccc(-c2noc(CCC(=O)NC3CCCC(C(F)(F)F)C3)n2)cc1. The molecule has 1 aliphatic carbocycles. The van der Waals surface area contributed by atoms with E-state index in [2.05, 4.69) is 15.5 Å². The van der Waals surface area contributed by atoms with E-state index in [4.69, 9.17) is 4.52 Å². The smallest absolute Gasteiger partial charge is 0.353 e. The maximum Gasteiger partial charge on any atom is 0.391 e. The van der Waals surface area contributed by atoms with Crippen molar-refractivity contribution < 1.29 is 22.5 Å². The molecule has 146 valence electrons. The lowest BCUT2D eigenvalue weighted by atomic mass is 9.85. The van der Waals surface area contributed by atoms with E-state index in [-0.39, 0.29) is 31.6 Å². The Kier molecular flexibility index (Phi) is 5.82. The molecule has 0 saturated heterocycles. The van der Waals surface area contributed by atoms with Crippen molar-refractivity contribution in [3.05, 3.63) is 35.7 Å². The molecule has 1 aromatic heterocycles. The Balaban J connectivity index is 1.49. The molecule has 27 heavy (non-hydrogen) atoms. The van der Waals surface area contributed by atoms with Gasteiger partial charge in [0, 0.05) is 24.4 Å². The molecular weight excluding hydrogens is 359 g/mol. The van der Waals surface area contributed by atoms with Gasteiger partial charge in [-0.1, -0.05) is 41.4 Å². The van der Waals surface area contributed by atoms with E-state index in [1.165, 1.54) is 0 Å². The summed E-state index contributed by atoms with van der Waals surface area (Å²) in [5, 5.41) is 6.61. The van der Waals surface area contributed by atoms with Gasteiger partial charge >= 0.3 is 6.18 Å². The fraction of sp³-hybridized carbons (Fsp3) is 0.526. The molecule has 5 nitrogen and oxygen atoms in total. The van der Waals surface area contributed by atoms with Gasteiger partial charge in [0.25, 0.3) is 0 Å². The van der Waals surface area contributed by atoms with Crippen LogP contribution in [0.15, 0.2) is 28.8 Å². The molecule has 3 rings (SSSR count). The number of alkyl halides is 3. The van der Waals surface area contributed by atoms with Gasteiger partial charge in [-0.2, -0.15) is 18.2 Å². The highest BCUT2D eigenvalue weighted by Gasteiger charge is 2.42. The van der Waals surface area contributed by atoms with Crippen LogP contribution in [-0.4, -0.2) is 28.3 Å². The van der Waals surface area contributed by atoms with Crippen molar-refractivity contribution in [2.24, 2.45) is 5.92 Å². The van der Waals surface area contributed by atoms with Crippen molar-refractivity contribution in [1.29, 1.82) is 0 Å². The maximum absolute atomic E-state index is 12.8. The minimum absolute atomic E-state index is 0.0482. The number of aryl methyl sites for hydroxylation is 2. The quantitative estimate of drug-likeness (QED) is 0.842. The monoisotopic (exact) mass is 381 g/mol. The Morgan fingerprint density at radius 1 is 1.26 bits per heavy atom. The number of rotatable bonds is 5. The summed E-state index contributed by atoms with van der Waals surface area (Å²) in [7, 11) is 0. The Labute approximate surface area is 155 Å². The average Bonchev–Trinajstić information content (AvgIpc) is 3.09. The zero-order valence-electron chi connectivity index (χ0n) is 15.1. The van der Waals surface area contributed by atoms with Crippen LogP contribution in [0.25, 0.3) is 11.4 Å². The van der Waals surface area contributed by atoms with E-state index in [9.17, 15) is 18.0 Å². The summed E-state index contributed by atoms with van der Waals surface area (Å²) >= 11 is 0. The summed E-state index contributed by atoms with van der Waals surface area (Å²) in [6.07, 6.45) is -2.70. The number of halogens is 3. The molecule has 1 aromatic carbocycles. The normalized spacial score (nSPS) is 20.4. The highest BCUT2D eigenvalue weighted by Crippen LogP contribution is 2.37. The van der Waals surface area contributed by atoms with Crippen LogP contribution in [0.5, 0.6) is 0 Å². The van der Waals surface area contributed by atoms with E-state index >= 15 is 0 Å². The number of hydrogen-bond acceptors (Lipinski definition) is 4. The second kappa shape index (κ2) is 8.10. The molecule has 2 atom stereocenters. The van der Waals surface area contributed by atoms with Gasteiger partial charge in [0.05, 0.1) is 5.92 Å². The number of carbonyl (C=O) groups excluding carboxylic acids is 1. The van der Waals surface area contributed by atoms with E-state index in [0.717, 1.165) is 11.1 Å².